The number of aromatic nitrogens is 2. The highest BCUT2D eigenvalue weighted by Gasteiger charge is 2.16. The molecule has 0 saturated carbocycles. The summed E-state index contributed by atoms with van der Waals surface area (Å²) in [5.41, 5.74) is 4.06. The van der Waals surface area contributed by atoms with Crippen molar-refractivity contribution in [2.45, 2.75) is 47.0 Å². The predicted molar refractivity (Wildman–Crippen MR) is 89.3 cm³/mol. The van der Waals surface area contributed by atoms with Crippen molar-refractivity contribution < 1.29 is 4.79 Å². The summed E-state index contributed by atoms with van der Waals surface area (Å²) in [5.74, 6) is 0.514. The molecule has 116 valence electrons. The highest BCUT2D eigenvalue weighted by Crippen LogP contribution is 2.24. The molecule has 0 unspecified atom stereocenters. The van der Waals surface area contributed by atoms with E-state index in [2.05, 4.69) is 36.1 Å². The summed E-state index contributed by atoms with van der Waals surface area (Å²) in [6, 6.07) is 7.94. The van der Waals surface area contributed by atoms with Gasteiger partial charge in [-0.3, -0.25) is 4.79 Å². The Morgan fingerprint density at radius 2 is 1.45 bits per heavy atom. The monoisotopic (exact) mass is 297 g/mol. The van der Waals surface area contributed by atoms with Gasteiger partial charge >= 0.3 is 0 Å². The van der Waals surface area contributed by atoms with Crippen molar-refractivity contribution in [1.82, 2.24) is 9.97 Å². The Bertz CT molecular complexity index is 674. The van der Waals surface area contributed by atoms with Gasteiger partial charge in [0.05, 0.1) is 17.0 Å². The summed E-state index contributed by atoms with van der Waals surface area (Å²) < 4.78 is 0. The first kappa shape index (κ1) is 16.1. The van der Waals surface area contributed by atoms with Crippen LogP contribution in [0.4, 0.5) is 5.69 Å². The van der Waals surface area contributed by atoms with Gasteiger partial charge in [-0.25, -0.2) is 9.97 Å². The van der Waals surface area contributed by atoms with E-state index in [1.807, 2.05) is 45.0 Å². The lowest BCUT2D eigenvalue weighted by atomic mass is 9.87. The molecule has 0 fully saturated rings. The van der Waals surface area contributed by atoms with E-state index >= 15 is 0 Å². The molecule has 1 amide bonds. The van der Waals surface area contributed by atoms with Crippen LogP contribution in [0.1, 0.15) is 53.9 Å². The third-order valence-corrected chi connectivity index (χ3v) is 3.62. The summed E-state index contributed by atoms with van der Waals surface area (Å²) in [6.45, 7) is 12.0. The minimum atomic E-state index is -0.168. The molecule has 0 aliphatic rings. The number of nitrogens with zero attached hydrogens (tertiary/aromatic N) is 2. The number of amides is 1. The molecule has 4 nitrogen and oxygen atoms in total. The topological polar surface area (TPSA) is 54.9 Å². The molecule has 0 bridgehead atoms. The number of benzene rings is 1. The second-order valence-electron chi connectivity index (χ2n) is 6.60. The van der Waals surface area contributed by atoms with Crippen molar-refractivity contribution in [3.8, 4) is 0 Å². The molecule has 0 aliphatic carbocycles. The standard InChI is InChI=1S/C18H23N3O/c1-11-16(12(2)20-13(3)19-11)17(22)21-15-9-7-14(8-10-15)18(4,5)6/h7-10H,1-6H3,(H,21,22). The van der Waals surface area contributed by atoms with E-state index in [0.29, 0.717) is 22.8 Å². The van der Waals surface area contributed by atoms with E-state index in [4.69, 9.17) is 0 Å². The average molecular weight is 297 g/mol. The van der Waals surface area contributed by atoms with Gasteiger partial charge < -0.3 is 5.32 Å². The largest absolute Gasteiger partial charge is 0.322 e. The van der Waals surface area contributed by atoms with E-state index in [-0.39, 0.29) is 11.3 Å². The Morgan fingerprint density at radius 3 is 1.91 bits per heavy atom. The predicted octanol–water partition coefficient (Wildman–Crippen LogP) is 3.95. The van der Waals surface area contributed by atoms with Gasteiger partial charge in [0.2, 0.25) is 0 Å². The maximum Gasteiger partial charge on any atom is 0.259 e. The van der Waals surface area contributed by atoms with Crippen LogP contribution < -0.4 is 5.32 Å². The van der Waals surface area contributed by atoms with Gasteiger partial charge in [-0.05, 0) is 43.9 Å². The van der Waals surface area contributed by atoms with Gasteiger partial charge in [0.15, 0.2) is 0 Å². The van der Waals surface area contributed by atoms with Crippen molar-refractivity contribution in [2.75, 3.05) is 5.32 Å². The van der Waals surface area contributed by atoms with Crippen molar-refractivity contribution in [1.29, 1.82) is 0 Å². The third kappa shape index (κ3) is 3.50. The minimum absolute atomic E-state index is 0.0977. The first-order valence-corrected chi connectivity index (χ1v) is 7.42. The zero-order valence-corrected chi connectivity index (χ0v) is 14.1. The maximum absolute atomic E-state index is 12.5. The van der Waals surface area contributed by atoms with Crippen LogP contribution in [0.15, 0.2) is 24.3 Å². The minimum Gasteiger partial charge on any atom is -0.322 e. The lowest BCUT2D eigenvalue weighted by molar-refractivity contribution is 0.102. The fourth-order valence-electron chi connectivity index (χ4n) is 2.46. The third-order valence-electron chi connectivity index (χ3n) is 3.62. The Labute approximate surface area is 132 Å². The summed E-state index contributed by atoms with van der Waals surface area (Å²) in [5, 5.41) is 2.92. The summed E-state index contributed by atoms with van der Waals surface area (Å²) in [4.78, 5) is 21.0. The van der Waals surface area contributed by atoms with Gasteiger partial charge in [0.25, 0.3) is 5.91 Å². The molecule has 2 aromatic rings. The lowest BCUT2D eigenvalue weighted by Gasteiger charge is -2.19. The van der Waals surface area contributed by atoms with E-state index in [1.165, 1.54) is 5.56 Å². The molecule has 1 aromatic carbocycles. The fraction of sp³-hybridized carbons (Fsp3) is 0.389. The quantitative estimate of drug-likeness (QED) is 0.913. The summed E-state index contributed by atoms with van der Waals surface area (Å²) in [6.07, 6.45) is 0. The Morgan fingerprint density at radius 1 is 0.955 bits per heavy atom. The molecule has 0 radical (unpaired) electrons. The van der Waals surface area contributed by atoms with Crippen LogP contribution in [-0.2, 0) is 5.41 Å². The smallest absolute Gasteiger partial charge is 0.259 e. The first-order chi connectivity index (χ1) is 10.2. The van der Waals surface area contributed by atoms with Gasteiger partial charge in [0.1, 0.15) is 5.82 Å². The zero-order chi connectivity index (χ0) is 16.5. The number of rotatable bonds is 2. The van der Waals surface area contributed by atoms with E-state index in [9.17, 15) is 4.79 Å². The number of anilines is 1. The highest BCUT2D eigenvalue weighted by molar-refractivity contribution is 6.05. The number of carbonyl (C=O) groups excluding carboxylic acids is 1. The number of aryl methyl sites for hydroxylation is 3. The molecule has 0 atom stereocenters. The highest BCUT2D eigenvalue weighted by atomic mass is 16.1. The molecule has 1 N–H and O–H groups in total. The SMILES string of the molecule is Cc1nc(C)c(C(=O)Nc2ccc(C(C)(C)C)cc2)c(C)n1. The first-order valence-electron chi connectivity index (χ1n) is 7.42. The fourth-order valence-corrected chi connectivity index (χ4v) is 2.46. The van der Waals surface area contributed by atoms with Gasteiger partial charge in [-0.15, -0.1) is 0 Å². The molecular formula is C18H23N3O. The van der Waals surface area contributed by atoms with Crippen LogP contribution >= 0.6 is 0 Å². The molecule has 2 rings (SSSR count). The van der Waals surface area contributed by atoms with Crippen LogP contribution in [-0.4, -0.2) is 15.9 Å². The summed E-state index contributed by atoms with van der Waals surface area (Å²) in [7, 11) is 0. The van der Waals surface area contributed by atoms with E-state index < -0.39 is 0 Å². The van der Waals surface area contributed by atoms with Crippen molar-refractivity contribution in [3.05, 3.63) is 52.6 Å². The van der Waals surface area contributed by atoms with Crippen LogP contribution in [0.3, 0.4) is 0 Å². The van der Waals surface area contributed by atoms with Crippen LogP contribution in [0.5, 0.6) is 0 Å². The van der Waals surface area contributed by atoms with Gasteiger partial charge in [-0.1, -0.05) is 32.9 Å². The van der Waals surface area contributed by atoms with Gasteiger partial charge in [-0.2, -0.15) is 0 Å². The molecule has 1 heterocycles. The molecule has 22 heavy (non-hydrogen) atoms. The Balaban J connectivity index is 2.23. The van der Waals surface area contributed by atoms with Crippen LogP contribution in [0.25, 0.3) is 0 Å². The van der Waals surface area contributed by atoms with Gasteiger partial charge in [0, 0.05) is 5.69 Å². The number of hydrogen-bond acceptors (Lipinski definition) is 3. The molecule has 0 aliphatic heterocycles. The molecule has 1 aromatic heterocycles. The van der Waals surface area contributed by atoms with Crippen molar-refractivity contribution in [3.63, 3.8) is 0 Å². The normalized spacial score (nSPS) is 11.4. The van der Waals surface area contributed by atoms with E-state index in [1.54, 1.807) is 0 Å². The van der Waals surface area contributed by atoms with Crippen molar-refractivity contribution >= 4 is 11.6 Å². The van der Waals surface area contributed by atoms with Crippen molar-refractivity contribution in [2.24, 2.45) is 0 Å². The average Bonchev–Trinajstić information content (AvgIpc) is 2.36. The molecular weight excluding hydrogens is 274 g/mol. The Kier molecular flexibility index (Phi) is 4.31. The number of hydrogen-bond donors (Lipinski definition) is 1. The molecule has 0 saturated heterocycles. The summed E-state index contributed by atoms with van der Waals surface area (Å²) >= 11 is 0. The molecule has 4 heteroatoms. The lowest BCUT2D eigenvalue weighted by Crippen LogP contribution is -2.17. The maximum atomic E-state index is 12.5. The van der Waals surface area contributed by atoms with Crippen LogP contribution in [0.2, 0.25) is 0 Å². The van der Waals surface area contributed by atoms with E-state index in [0.717, 1.165) is 5.69 Å². The van der Waals surface area contributed by atoms with Crippen LogP contribution in [0, 0.1) is 20.8 Å². The zero-order valence-electron chi connectivity index (χ0n) is 14.1. The second-order valence-corrected chi connectivity index (χ2v) is 6.60. The number of nitrogens with one attached hydrogen (secondary N) is 1. The number of carbonyl (C=O) groups is 1. The second kappa shape index (κ2) is 5.87. The Hall–Kier alpha value is -2.23. The molecule has 0 spiro atoms.